The van der Waals surface area contributed by atoms with Gasteiger partial charge < -0.3 is 4.74 Å². The number of carbonyl (C=O) groups is 1. The number of carbonyl (C=O) groups excluding carboxylic acids is 1. The molecule has 0 bridgehead atoms. The van der Waals surface area contributed by atoms with Crippen molar-refractivity contribution < 1.29 is 9.53 Å². The van der Waals surface area contributed by atoms with Crippen molar-refractivity contribution in [2.75, 3.05) is 19.7 Å². The lowest BCUT2D eigenvalue weighted by atomic mass is 10.0. The van der Waals surface area contributed by atoms with E-state index in [0.29, 0.717) is 17.9 Å². The van der Waals surface area contributed by atoms with E-state index < -0.39 is 0 Å². The molecule has 2 rings (SSSR count). The molecule has 0 aliphatic carbocycles. The minimum absolute atomic E-state index is 0.328. The lowest BCUT2D eigenvalue weighted by molar-refractivity contribution is -0.118. The van der Waals surface area contributed by atoms with Crippen LogP contribution < -0.4 is 0 Å². The Morgan fingerprint density at radius 3 is 2.82 bits per heavy atom. The number of hydrogen-bond acceptors (Lipinski definition) is 3. The fourth-order valence-electron chi connectivity index (χ4n) is 3.09. The van der Waals surface area contributed by atoms with E-state index in [-0.39, 0.29) is 0 Å². The summed E-state index contributed by atoms with van der Waals surface area (Å²) in [4.78, 5) is 13.9. The Labute approximate surface area is 105 Å². The largest absolute Gasteiger partial charge is 0.377 e. The second kappa shape index (κ2) is 6.50. The molecule has 2 atom stereocenters. The van der Waals surface area contributed by atoms with E-state index in [9.17, 15) is 4.79 Å². The molecule has 98 valence electrons. The Balaban J connectivity index is 1.90. The van der Waals surface area contributed by atoms with Gasteiger partial charge in [0.15, 0.2) is 0 Å². The lowest BCUT2D eigenvalue weighted by Gasteiger charge is -2.31. The highest BCUT2D eigenvalue weighted by atomic mass is 16.5. The third-order valence-corrected chi connectivity index (χ3v) is 3.98. The molecule has 0 aromatic carbocycles. The summed E-state index contributed by atoms with van der Waals surface area (Å²) in [6.45, 7) is 4.83. The van der Waals surface area contributed by atoms with Crippen LogP contribution in [0.2, 0.25) is 0 Å². The van der Waals surface area contributed by atoms with Crippen molar-refractivity contribution in [3.05, 3.63) is 0 Å². The Bertz CT molecular complexity index is 249. The Kier molecular flexibility index (Phi) is 4.99. The Morgan fingerprint density at radius 1 is 1.24 bits per heavy atom. The summed E-state index contributed by atoms with van der Waals surface area (Å²) in [6.07, 6.45) is 8.61. The average Bonchev–Trinajstić information content (AvgIpc) is 2.69. The van der Waals surface area contributed by atoms with Crippen molar-refractivity contribution in [2.45, 2.75) is 64.0 Å². The van der Waals surface area contributed by atoms with Crippen LogP contribution in [0.5, 0.6) is 0 Å². The summed E-state index contributed by atoms with van der Waals surface area (Å²) in [6, 6.07) is 0.471. The van der Waals surface area contributed by atoms with Crippen LogP contribution in [0.1, 0.15) is 51.9 Å². The molecule has 2 unspecified atom stereocenters. The van der Waals surface area contributed by atoms with Gasteiger partial charge in [0.25, 0.3) is 0 Å². The normalized spacial score (nSPS) is 31.4. The first-order chi connectivity index (χ1) is 8.25. The third-order valence-electron chi connectivity index (χ3n) is 3.98. The second-order valence-electron chi connectivity index (χ2n) is 5.54. The minimum Gasteiger partial charge on any atom is -0.377 e. The second-order valence-corrected chi connectivity index (χ2v) is 5.54. The van der Waals surface area contributed by atoms with Gasteiger partial charge >= 0.3 is 0 Å². The van der Waals surface area contributed by atoms with Crippen LogP contribution >= 0.6 is 0 Å². The van der Waals surface area contributed by atoms with Gasteiger partial charge in [0.1, 0.15) is 5.78 Å². The van der Waals surface area contributed by atoms with Crippen molar-refractivity contribution in [3.63, 3.8) is 0 Å². The Hall–Kier alpha value is -0.410. The molecule has 17 heavy (non-hydrogen) atoms. The molecule has 0 N–H and O–H groups in total. The van der Waals surface area contributed by atoms with E-state index in [1.807, 2.05) is 0 Å². The van der Waals surface area contributed by atoms with E-state index >= 15 is 0 Å². The highest BCUT2D eigenvalue weighted by Gasteiger charge is 2.26. The van der Waals surface area contributed by atoms with E-state index in [1.165, 1.54) is 38.5 Å². The van der Waals surface area contributed by atoms with Gasteiger partial charge in [-0.15, -0.1) is 0 Å². The maximum absolute atomic E-state index is 11.3. The van der Waals surface area contributed by atoms with Gasteiger partial charge in [-0.1, -0.05) is 12.8 Å². The van der Waals surface area contributed by atoms with Crippen molar-refractivity contribution in [3.8, 4) is 0 Å². The van der Waals surface area contributed by atoms with Crippen molar-refractivity contribution in [2.24, 2.45) is 0 Å². The van der Waals surface area contributed by atoms with E-state index in [2.05, 4.69) is 4.90 Å². The fourth-order valence-corrected chi connectivity index (χ4v) is 3.09. The van der Waals surface area contributed by atoms with Crippen molar-refractivity contribution >= 4 is 5.78 Å². The molecular formula is C14H25NO2. The monoisotopic (exact) mass is 239 g/mol. The lowest BCUT2D eigenvalue weighted by Crippen LogP contribution is -2.41. The molecule has 0 spiro atoms. The van der Waals surface area contributed by atoms with Crippen molar-refractivity contribution in [1.29, 1.82) is 0 Å². The molecule has 2 aliphatic heterocycles. The summed E-state index contributed by atoms with van der Waals surface area (Å²) in [7, 11) is 0. The average molecular weight is 239 g/mol. The van der Waals surface area contributed by atoms with E-state index in [4.69, 9.17) is 4.74 Å². The number of likely N-dealkylation sites (tertiary alicyclic amines) is 1. The van der Waals surface area contributed by atoms with Crippen LogP contribution in [0.25, 0.3) is 0 Å². The first-order valence-electron chi connectivity index (χ1n) is 7.11. The van der Waals surface area contributed by atoms with Gasteiger partial charge in [-0.2, -0.15) is 0 Å². The van der Waals surface area contributed by atoms with Crippen LogP contribution in [0, 0.1) is 0 Å². The molecule has 3 heteroatoms. The molecular weight excluding hydrogens is 214 g/mol. The summed E-state index contributed by atoms with van der Waals surface area (Å²) in [5.74, 6) is 0.328. The predicted molar refractivity (Wildman–Crippen MR) is 68.1 cm³/mol. The number of Topliss-reactive ketones (excluding diaryl/α,β-unsaturated/α-hetero) is 1. The van der Waals surface area contributed by atoms with Crippen LogP contribution in [0.3, 0.4) is 0 Å². The van der Waals surface area contributed by atoms with Crippen molar-refractivity contribution in [1.82, 2.24) is 4.90 Å². The molecule has 0 aromatic rings. The van der Waals surface area contributed by atoms with E-state index in [1.54, 1.807) is 6.92 Å². The maximum atomic E-state index is 11.3. The molecule has 0 amide bonds. The topological polar surface area (TPSA) is 29.5 Å². The van der Waals surface area contributed by atoms with Gasteiger partial charge in [-0.05, 0) is 39.2 Å². The van der Waals surface area contributed by atoms with Crippen LogP contribution in [-0.2, 0) is 9.53 Å². The highest BCUT2D eigenvalue weighted by molar-refractivity contribution is 5.76. The smallest absolute Gasteiger partial charge is 0.131 e. The maximum Gasteiger partial charge on any atom is 0.131 e. The van der Waals surface area contributed by atoms with Gasteiger partial charge in [0, 0.05) is 25.6 Å². The standard InChI is InChI=1S/C14H25NO2/c1-12(16)10-13-6-3-2-4-8-15(13)11-14-7-5-9-17-14/h13-14H,2-11H2,1H3. The zero-order valence-electron chi connectivity index (χ0n) is 11.0. The third kappa shape index (κ3) is 4.07. The molecule has 2 fully saturated rings. The van der Waals surface area contributed by atoms with Gasteiger partial charge in [-0.25, -0.2) is 0 Å². The summed E-state index contributed by atoms with van der Waals surface area (Å²) >= 11 is 0. The molecule has 3 nitrogen and oxygen atoms in total. The quantitative estimate of drug-likeness (QED) is 0.754. The van der Waals surface area contributed by atoms with Gasteiger partial charge in [0.05, 0.1) is 6.10 Å². The van der Waals surface area contributed by atoms with Crippen LogP contribution in [0.15, 0.2) is 0 Å². The van der Waals surface area contributed by atoms with Crippen LogP contribution in [-0.4, -0.2) is 42.5 Å². The summed E-state index contributed by atoms with van der Waals surface area (Å²) in [5.41, 5.74) is 0. The van der Waals surface area contributed by atoms with Gasteiger partial charge in [-0.3, -0.25) is 9.69 Å². The zero-order valence-corrected chi connectivity index (χ0v) is 11.0. The number of ketones is 1. The SMILES string of the molecule is CC(=O)CC1CCCCCN1CC1CCCO1. The molecule has 0 aromatic heterocycles. The zero-order chi connectivity index (χ0) is 12.1. The minimum atomic E-state index is 0.328. The molecule has 2 saturated heterocycles. The summed E-state index contributed by atoms with van der Waals surface area (Å²) in [5, 5.41) is 0. The first-order valence-corrected chi connectivity index (χ1v) is 7.11. The van der Waals surface area contributed by atoms with Gasteiger partial charge in [0.2, 0.25) is 0 Å². The molecule has 2 heterocycles. The first kappa shape index (κ1) is 13.0. The molecule has 2 aliphatic rings. The number of hydrogen-bond donors (Lipinski definition) is 0. The molecule has 0 saturated carbocycles. The predicted octanol–water partition coefficient (Wildman–Crippen LogP) is 2.39. The number of nitrogens with zero attached hydrogens (tertiary/aromatic N) is 1. The van der Waals surface area contributed by atoms with E-state index in [0.717, 1.165) is 26.1 Å². The molecule has 0 radical (unpaired) electrons. The number of ether oxygens (including phenoxy) is 1. The number of rotatable bonds is 4. The van der Waals surface area contributed by atoms with Crippen LogP contribution in [0.4, 0.5) is 0 Å². The highest BCUT2D eigenvalue weighted by Crippen LogP contribution is 2.22. The fraction of sp³-hybridized carbons (Fsp3) is 0.929. The summed E-state index contributed by atoms with van der Waals surface area (Å²) < 4.78 is 5.72. The Morgan fingerprint density at radius 2 is 2.12 bits per heavy atom.